The number of hydrogen-bond acceptors (Lipinski definition) is 5. The highest BCUT2D eigenvalue weighted by molar-refractivity contribution is 5.76. The van der Waals surface area contributed by atoms with Crippen molar-refractivity contribution < 1.29 is 24.5 Å². The van der Waals surface area contributed by atoms with Gasteiger partial charge in [-0.05, 0) is 51.4 Å². The number of unbranched alkanes of at least 4 members (excludes halogenated alkanes) is 56. The summed E-state index contributed by atoms with van der Waals surface area (Å²) in [5.41, 5.74) is 0. The van der Waals surface area contributed by atoms with Gasteiger partial charge in [-0.1, -0.05) is 366 Å². The van der Waals surface area contributed by atoms with Gasteiger partial charge in [0.2, 0.25) is 5.91 Å². The molecule has 2 unspecified atom stereocenters. The molecule has 3 N–H and O–H groups in total. The third-order valence-electron chi connectivity index (χ3n) is 17.3. The summed E-state index contributed by atoms with van der Waals surface area (Å²) in [5, 5.41) is 23.4. The molecule has 0 aliphatic rings. The van der Waals surface area contributed by atoms with Gasteiger partial charge in [0.15, 0.2) is 0 Å². The third-order valence-corrected chi connectivity index (χ3v) is 17.3. The van der Waals surface area contributed by atoms with Crippen LogP contribution in [-0.2, 0) is 14.3 Å². The zero-order valence-electron chi connectivity index (χ0n) is 53.9. The number of amides is 1. The van der Waals surface area contributed by atoms with Crippen LogP contribution in [0.1, 0.15) is 418 Å². The smallest absolute Gasteiger partial charge is 0.305 e. The molecular formula is C73H143NO5. The lowest BCUT2D eigenvalue weighted by molar-refractivity contribution is -0.143. The van der Waals surface area contributed by atoms with Crippen LogP contribution in [0.25, 0.3) is 0 Å². The monoisotopic (exact) mass is 1110 g/mol. The number of nitrogens with one attached hydrogen (secondary N) is 1. The summed E-state index contributed by atoms with van der Waals surface area (Å²) in [7, 11) is 0. The van der Waals surface area contributed by atoms with Gasteiger partial charge in [0.05, 0.1) is 25.4 Å². The number of aliphatic hydroxyl groups is 2. The van der Waals surface area contributed by atoms with E-state index in [1.807, 2.05) is 0 Å². The minimum atomic E-state index is -0.666. The summed E-state index contributed by atoms with van der Waals surface area (Å²) in [5.74, 6) is -0.0127. The molecule has 0 saturated carbocycles. The molecule has 0 heterocycles. The predicted molar refractivity (Wildman–Crippen MR) is 347 cm³/mol. The van der Waals surface area contributed by atoms with E-state index >= 15 is 0 Å². The summed E-state index contributed by atoms with van der Waals surface area (Å²) in [6.45, 7) is 5.00. The molecule has 470 valence electrons. The number of allylic oxidation sites excluding steroid dienone is 2. The van der Waals surface area contributed by atoms with E-state index in [1.165, 1.54) is 347 Å². The number of rotatable bonds is 69. The van der Waals surface area contributed by atoms with Crippen molar-refractivity contribution in [2.75, 3.05) is 13.2 Å². The Morgan fingerprint density at radius 2 is 0.595 bits per heavy atom. The highest BCUT2D eigenvalue weighted by atomic mass is 16.5. The Labute approximate surface area is 495 Å². The van der Waals surface area contributed by atoms with Crippen molar-refractivity contribution in [2.45, 2.75) is 431 Å². The first-order valence-electron chi connectivity index (χ1n) is 36.4. The molecule has 0 radical (unpaired) electrons. The molecule has 6 nitrogen and oxygen atoms in total. The lowest BCUT2D eigenvalue weighted by Crippen LogP contribution is -2.45. The minimum Gasteiger partial charge on any atom is -0.466 e. The fourth-order valence-electron chi connectivity index (χ4n) is 11.8. The largest absolute Gasteiger partial charge is 0.466 e. The Kier molecular flexibility index (Phi) is 67.9. The van der Waals surface area contributed by atoms with E-state index in [9.17, 15) is 19.8 Å². The highest BCUT2D eigenvalue weighted by Crippen LogP contribution is 2.19. The van der Waals surface area contributed by atoms with Crippen LogP contribution in [0.5, 0.6) is 0 Å². The first kappa shape index (κ1) is 77.6. The molecule has 6 heteroatoms. The van der Waals surface area contributed by atoms with Crippen molar-refractivity contribution in [3.63, 3.8) is 0 Å². The van der Waals surface area contributed by atoms with Crippen LogP contribution in [0.15, 0.2) is 12.2 Å². The van der Waals surface area contributed by atoms with Crippen LogP contribution in [0.3, 0.4) is 0 Å². The van der Waals surface area contributed by atoms with Gasteiger partial charge < -0.3 is 20.3 Å². The molecule has 1 amide bonds. The van der Waals surface area contributed by atoms with Gasteiger partial charge in [-0.2, -0.15) is 0 Å². The Morgan fingerprint density at radius 1 is 0.342 bits per heavy atom. The summed E-state index contributed by atoms with van der Waals surface area (Å²) in [6.07, 6.45) is 85.5. The topological polar surface area (TPSA) is 95.9 Å². The Hall–Kier alpha value is -1.40. The number of hydrogen-bond donors (Lipinski definition) is 3. The summed E-state index contributed by atoms with van der Waals surface area (Å²) in [4.78, 5) is 24.6. The van der Waals surface area contributed by atoms with Crippen molar-refractivity contribution in [1.82, 2.24) is 5.32 Å². The fraction of sp³-hybridized carbons (Fsp3) is 0.945. The van der Waals surface area contributed by atoms with Crippen molar-refractivity contribution in [1.29, 1.82) is 0 Å². The van der Waals surface area contributed by atoms with E-state index in [2.05, 4.69) is 31.3 Å². The number of aliphatic hydroxyl groups excluding tert-OH is 2. The molecule has 0 bridgehead atoms. The summed E-state index contributed by atoms with van der Waals surface area (Å²) >= 11 is 0. The Bertz CT molecular complexity index is 1190. The number of ether oxygens (including phenoxy) is 1. The van der Waals surface area contributed by atoms with Crippen LogP contribution < -0.4 is 5.32 Å². The van der Waals surface area contributed by atoms with E-state index < -0.39 is 12.1 Å². The lowest BCUT2D eigenvalue weighted by atomic mass is 10.0. The Morgan fingerprint density at radius 3 is 0.899 bits per heavy atom. The lowest BCUT2D eigenvalue weighted by Gasteiger charge is -2.22. The van der Waals surface area contributed by atoms with Crippen molar-refractivity contribution in [2.24, 2.45) is 0 Å². The molecule has 0 aliphatic carbocycles. The van der Waals surface area contributed by atoms with Gasteiger partial charge >= 0.3 is 5.97 Å². The SMILES string of the molecule is CCCCCCCCCCCCCCCCCCCCCC(O)C(CO)NC(=O)CCCCCCCCCCCC/C=C\CCCCCCCCCCCCCCOC(=O)CCCCCCCCCCCCCCCCCCC. The average molecular weight is 1110 g/mol. The molecule has 79 heavy (non-hydrogen) atoms. The van der Waals surface area contributed by atoms with Gasteiger partial charge in [0.25, 0.3) is 0 Å². The zero-order chi connectivity index (χ0) is 57.1. The van der Waals surface area contributed by atoms with E-state index in [-0.39, 0.29) is 18.5 Å². The molecule has 0 aromatic heterocycles. The first-order valence-corrected chi connectivity index (χ1v) is 36.4. The maximum Gasteiger partial charge on any atom is 0.305 e. The Balaban J connectivity index is 3.37. The molecule has 0 aromatic rings. The molecule has 0 saturated heterocycles. The number of esters is 1. The predicted octanol–water partition coefficient (Wildman–Crippen LogP) is 23.5. The van der Waals surface area contributed by atoms with E-state index in [1.54, 1.807) is 0 Å². The van der Waals surface area contributed by atoms with Gasteiger partial charge in [-0.15, -0.1) is 0 Å². The molecule has 0 rings (SSSR count). The van der Waals surface area contributed by atoms with Crippen LogP contribution >= 0.6 is 0 Å². The summed E-state index contributed by atoms with van der Waals surface area (Å²) < 4.78 is 5.51. The molecule has 2 atom stereocenters. The maximum absolute atomic E-state index is 12.5. The maximum atomic E-state index is 12.5. The zero-order valence-corrected chi connectivity index (χ0v) is 53.9. The van der Waals surface area contributed by atoms with Crippen LogP contribution in [0.4, 0.5) is 0 Å². The quantitative estimate of drug-likeness (QED) is 0.0320. The van der Waals surface area contributed by atoms with Gasteiger partial charge in [-0.3, -0.25) is 9.59 Å². The third kappa shape index (κ3) is 65.6. The second-order valence-electron chi connectivity index (χ2n) is 25.3. The van der Waals surface area contributed by atoms with Crippen molar-refractivity contribution in [3.05, 3.63) is 12.2 Å². The molecule has 0 spiro atoms. The standard InChI is InChI=1S/C73H143NO5/c1-3-5-7-9-11-13-15-17-19-21-30-34-37-41-45-49-53-57-61-65-71(76)70(69-75)74-72(77)66-62-58-54-50-46-42-38-35-31-28-26-24-22-23-25-27-29-32-36-40-44-48-52-56-60-64-68-79-73(78)67-63-59-55-51-47-43-39-33-20-18-16-14-12-10-8-6-4-2/h22,24,70-71,75-76H,3-21,23,25-69H2,1-2H3,(H,74,77)/b24-22-. The van der Waals surface area contributed by atoms with Crippen LogP contribution in [0.2, 0.25) is 0 Å². The van der Waals surface area contributed by atoms with E-state index in [0.29, 0.717) is 25.9 Å². The highest BCUT2D eigenvalue weighted by Gasteiger charge is 2.20. The van der Waals surface area contributed by atoms with Crippen molar-refractivity contribution in [3.8, 4) is 0 Å². The molecular weight excluding hydrogens is 971 g/mol. The summed E-state index contributed by atoms with van der Waals surface area (Å²) in [6, 6.07) is -0.543. The van der Waals surface area contributed by atoms with E-state index in [4.69, 9.17) is 4.74 Å². The van der Waals surface area contributed by atoms with Gasteiger partial charge in [0.1, 0.15) is 0 Å². The number of carbonyl (C=O) groups is 2. The van der Waals surface area contributed by atoms with Crippen molar-refractivity contribution >= 4 is 11.9 Å². The normalized spacial score (nSPS) is 12.5. The van der Waals surface area contributed by atoms with Crippen LogP contribution in [-0.4, -0.2) is 47.4 Å². The fourth-order valence-corrected chi connectivity index (χ4v) is 11.8. The molecule has 0 aromatic carbocycles. The first-order chi connectivity index (χ1) is 39.0. The van der Waals surface area contributed by atoms with Gasteiger partial charge in [0, 0.05) is 12.8 Å². The molecule has 0 aliphatic heterocycles. The van der Waals surface area contributed by atoms with E-state index in [0.717, 1.165) is 38.5 Å². The number of carbonyl (C=O) groups excluding carboxylic acids is 2. The minimum absolute atomic E-state index is 0.0195. The second kappa shape index (κ2) is 69.1. The molecule has 0 fully saturated rings. The average Bonchev–Trinajstić information content (AvgIpc) is 3.45. The van der Waals surface area contributed by atoms with Crippen LogP contribution in [0, 0.1) is 0 Å². The second-order valence-corrected chi connectivity index (χ2v) is 25.3. The van der Waals surface area contributed by atoms with Gasteiger partial charge in [-0.25, -0.2) is 0 Å².